The molecule has 8 nitrogen and oxygen atoms in total. The van der Waals surface area contributed by atoms with E-state index in [1.54, 1.807) is 73.7 Å². The van der Waals surface area contributed by atoms with Crippen molar-refractivity contribution in [3.05, 3.63) is 95.4 Å². The topological polar surface area (TPSA) is 102 Å². The Labute approximate surface area is 217 Å². The number of ether oxygens (including phenoxy) is 2. The van der Waals surface area contributed by atoms with Crippen molar-refractivity contribution in [2.24, 2.45) is 5.92 Å². The molecule has 0 bridgehead atoms. The third-order valence-corrected chi connectivity index (χ3v) is 6.61. The summed E-state index contributed by atoms with van der Waals surface area (Å²) in [5.74, 6) is -1.85. The Morgan fingerprint density at radius 2 is 1.54 bits per heavy atom. The van der Waals surface area contributed by atoms with Crippen LogP contribution in [0.15, 0.2) is 84.3 Å². The fourth-order valence-electron chi connectivity index (χ4n) is 3.77. The van der Waals surface area contributed by atoms with Gasteiger partial charge in [-0.05, 0) is 54.8 Å². The summed E-state index contributed by atoms with van der Waals surface area (Å²) in [4.78, 5) is 28.4. The molecule has 9 heteroatoms. The second kappa shape index (κ2) is 12.7. The molecule has 0 aliphatic rings. The average Bonchev–Trinajstić information content (AvgIpc) is 2.91. The van der Waals surface area contributed by atoms with Crippen molar-refractivity contribution in [2.75, 3.05) is 25.7 Å². The van der Waals surface area contributed by atoms with E-state index in [9.17, 15) is 18.0 Å². The summed E-state index contributed by atoms with van der Waals surface area (Å²) >= 11 is 0. The van der Waals surface area contributed by atoms with Crippen LogP contribution in [0.2, 0.25) is 0 Å². The van der Waals surface area contributed by atoms with E-state index >= 15 is 0 Å². The van der Waals surface area contributed by atoms with E-state index in [0.717, 1.165) is 5.41 Å². The minimum absolute atomic E-state index is 0.0493. The molecule has 0 heterocycles. The van der Waals surface area contributed by atoms with Crippen molar-refractivity contribution < 1.29 is 27.5 Å². The van der Waals surface area contributed by atoms with Crippen LogP contribution in [0.5, 0.6) is 11.5 Å². The maximum absolute atomic E-state index is 13.7. The van der Waals surface area contributed by atoms with E-state index in [0.29, 0.717) is 34.9 Å². The lowest BCUT2D eigenvalue weighted by molar-refractivity contribution is -0.132. The van der Waals surface area contributed by atoms with E-state index in [1.807, 2.05) is 12.1 Å². The smallest absolute Gasteiger partial charge is 0.257 e. The first-order chi connectivity index (χ1) is 17.8. The first-order valence-corrected chi connectivity index (χ1v) is 13.2. The summed E-state index contributed by atoms with van der Waals surface area (Å²) < 4.78 is 38.1. The Morgan fingerprint density at radius 3 is 2.14 bits per heavy atom. The van der Waals surface area contributed by atoms with Crippen molar-refractivity contribution >= 4 is 33.6 Å². The zero-order valence-electron chi connectivity index (χ0n) is 21.0. The second-order valence-electron chi connectivity index (χ2n) is 8.09. The van der Waals surface area contributed by atoms with E-state index in [1.165, 1.54) is 25.2 Å². The monoisotopic (exact) mass is 522 g/mol. The molecule has 1 unspecified atom stereocenters. The molecule has 0 saturated carbocycles. The van der Waals surface area contributed by atoms with Gasteiger partial charge in [0.25, 0.3) is 10.0 Å². The zero-order valence-corrected chi connectivity index (χ0v) is 21.8. The summed E-state index contributed by atoms with van der Waals surface area (Å²) in [5, 5.41) is 0.910. The summed E-state index contributed by atoms with van der Waals surface area (Å²) in [6.45, 7) is 2.08. The van der Waals surface area contributed by atoms with Gasteiger partial charge in [-0.15, -0.1) is 0 Å². The van der Waals surface area contributed by atoms with Crippen molar-refractivity contribution in [1.29, 1.82) is 0 Å². The Morgan fingerprint density at radius 1 is 0.919 bits per heavy atom. The van der Waals surface area contributed by atoms with Gasteiger partial charge in [0, 0.05) is 12.2 Å². The lowest BCUT2D eigenvalue weighted by atomic mass is 9.96. The van der Waals surface area contributed by atoms with Gasteiger partial charge in [-0.1, -0.05) is 54.6 Å². The Balaban J connectivity index is 1.92. The number of rotatable bonds is 11. The fourth-order valence-corrected chi connectivity index (χ4v) is 4.60. The number of sulfonamides is 1. The van der Waals surface area contributed by atoms with E-state index in [2.05, 4.69) is 4.72 Å². The number of para-hydroxylation sites is 1. The summed E-state index contributed by atoms with van der Waals surface area (Å²) in [6, 6.07) is 22.8. The van der Waals surface area contributed by atoms with Crippen LogP contribution in [-0.4, -0.2) is 41.0 Å². The number of amides is 2. The van der Waals surface area contributed by atoms with Gasteiger partial charge >= 0.3 is 0 Å². The van der Waals surface area contributed by atoms with Gasteiger partial charge in [0.05, 0.1) is 19.6 Å². The SMILES string of the molecule is CCN(C(=O)C(Cc1ccc(OC)c(OC)c1)C(=O)NS(=O)(=O)/C=C/c1ccccc1)c1ccccc1. The van der Waals surface area contributed by atoms with Gasteiger partial charge in [0.15, 0.2) is 11.5 Å². The molecule has 1 atom stereocenters. The summed E-state index contributed by atoms with van der Waals surface area (Å²) in [7, 11) is -1.18. The molecule has 0 aliphatic heterocycles. The molecule has 2 amide bonds. The van der Waals surface area contributed by atoms with E-state index in [4.69, 9.17) is 9.47 Å². The largest absolute Gasteiger partial charge is 0.493 e. The molecule has 3 rings (SSSR count). The number of methoxy groups -OCH3 is 2. The molecule has 0 aromatic heterocycles. The van der Waals surface area contributed by atoms with Crippen molar-refractivity contribution in [1.82, 2.24) is 4.72 Å². The highest BCUT2D eigenvalue weighted by Crippen LogP contribution is 2.29. The van der Waals surface area contributed by atoms with Crippen molar-refractivity contribution in [3.63, 3.8) is 0 Å². The maximum Gasteiger partial charge on any atom is 0.257 e. The average molecular weight is 523 g/mol. The normalized spacial score (nSPS) is 12.1. The predicted octanol–water partition coefficient (Wildman–Crippen LogP) is 4.03. The van der Waals surface area contributed by atoms with Crippen LogP contribution in [0, 0.1) is 5.92 Å². The zero-order chi connectivity index (χ0) is 26.8. The summed E-state index contributed by atoms with van der Waals surface area (Å²) in [5.41, 5.74) is 1.86. The highest BCUT2D eigenvalue weighted by molar-refractivity contribution is 7.93. The quantitative estimate of drug-likeness (QED) is 0.382. The standard InChI is InChI=1S/C28H30N2O6S/c1-4-30(23-13-9-6-10-14-23)28(32)24(19-22-15-16-25(35-2)26(20-22)36-3)27(31)29-37(33,34)18-17-21-11-7-5-8-12-21/h5-18,20,24H,4,19H2,1-3H3,(H,29,31)/b18-17+. The van der Waals surface area contributed by atoms with Gasteiger partial charge in [-0.3, -0.25) is 9.59 Å². The Kier molecular flexibility index (Phi) is 9.45. The van der Waals surface area contributed by atoms with E-state index in [-0.39, 0.29) is 6.42 Å². The van der Waals surface area contributed by atoms with Crippen LogP contribution in [0.1, 0.15) is 18.1 Å². The van der Waals surface area contributed by atoms with E-state index < -0.39 is 27.8 Å². The highest BCUT2D eigenvalue weighted by atomic mass is 32.2. The number of carbonyl (C=O) groups is 2. The molecule has 0 spiro atoms. The molecule has 3 aromatic carbocycles. The fraction of sp³-hybridized carbons (Fsp3) is 0.214. The van der Waals surface area contributed by atoms with Gasteiger partial charge in [-0.2, -0.15) is 0 Å². The first-order valence-electron chi connectivity index (χ1n) is 11.6. The lowest BCUT2D eigenvalue weighted by Gasteiger charge is -2.26. The third kappa shape index (κ3) is 7.44. The van der Waals surface area contributed by atoms with Crippen molar-refractivity contribution in [2.45, 2.75) is 13.3 Å². The number of benzene rings is 3. The number of nitrogens with zero attached hydrogens (tertiary/aromatic N) is 1. The number of anilines is 1. The molecule has 0 fully saturated rings. The van der Waals surface area contributed by atoms with Crippen molar-refractivity contribution in [3.8, 4) is 11.5 Å². The predicted molar refractivity (Wildman–Crippen MR) is 144 cm³/mol. The van der Waals surface area contributed by atoms with Gasteiger partial charge in [-0.25, -0.2) is 13.1 Å². The summed E-state index contributed by atoms with van der Waals surface area (Å²) in [6.07, 6.45) is 1.33. The Bertz CT molecular complexity index is 1340. The number of nitrogens with one attached hydrogen (secondary N) is 1. The number of hydrogen-bond acceptors (Lipinski definition) is 6. The third-order valence-electron chi connectivity index (χ3n) is 5.63. The van der Waals surface area contributed by atoms with Crippen LogP contribution in [0.25, 0.3) is 6.08 Å². The molecule has 0 aliphatic carbocycles. The molecule has 1 N–H and O–H groups in total. The van der Waals surface area contributed by atoms with Gasteiger partial charge in [0.1, 0.15) is 5.92 Å². The highest BCUT2D eigenvalue weighted by Gasteiger charge is 2.33. The molecular formula is C28H30N2O6S. The van der Waals surface area contributed by atoms with Gasteiger partial charge in [0.2, 0.25) is 11.8 Å². The van der Waals surface area contributed by atoms with Crippen LogP contribution in [0.4, 0.5) is 5.69 Å². The molecule has 0 radical (unpaired) electrons. The first kappa shape index (κ1) is 27.5. The molecule has 194 valence electrons. The molecule has 3 aromatic rings. The lowest BCUT2D eigenvalue weighted by Crippen LogP contribution is -2.46. The maximum atomic E-state index is 13.7. The number of carbonyl (C=O) groups excluding carboxylic acids is 2. The van der Waals surface area contributed by atoms with Gasteiger partial charge < -0.3 is 14.4 Å². The van der Waals surface area contributed by atoms with Crippen LogP contribution < -0.4 is 19.1 Å². The molecular weight excluding hydrogens is 492 g/mol. The molecule has 0 saturated heterocycles. The molecule has 37 heavy (non-hydrogen) atoms. The minimum atomic E-state index is -4.17. The van der Waals surface area contributed by atoms with Crippen LogP contribution in [-0.2, 0) is 26.0 Å². The minimum Gasteiger partial charge on any atom is -0.493 e. The second-order valence-corrected chi connectivity index (χ2v) is 9.66. The van der Waals surface area contributed by atoms with Crippen LogP contribution >= 0.6 is 0 Å². The van der Waals surface area contributed by atoms with Crippen LogP contribution in [0.3, 0.4) is 0 Å². The number of hydrogen-bond donors (Lipinski definition) is 1. The Hall–Kier alpha value is -4.11.